The highest BCUT2D eigenvalue weighted by atomic mass is 35.5. The molecular formula is C10H9Cl2N. The molecule has 0 unspecified atom stereocenters. The molecule has 68 valence electrons. The van der Waals surface area contributed by atoms with Crippen LogP contribution in [0.2, 0.25) is 0 Å². The van der Waals surface area contributed by atoms with E-state index in [4.69, 9.17) is 23.2 Å². The van der Waals surface area contributed by atoms with Crippen LogP contribution in [0.15, 0.2) is 29.3 Å². The highest BCUT2D eigenvalue weighted by Gasteiger charge is 2.18. The van der Waals surface area contributed by atoms with Crippen LogP contribution in [-0.2, 0) is 6.42 Å². The SMILES string of the molecule is ClC(Cl)C1=NCCc2ccccc21. The molecule has 0 amide bonds. The Labute approximate surface area is 87.4 Å². The Kier molecular flexibility index (Phi) is 2.56. The normalized spacial score (nSPS) is 15.5. The van der Waals surface area contributed by atoms with Crippen molar-refractivity contribution in [3.8, 4) is 0 Å². The molecular weight excluding hydrogens is 205 g/mol. The van der Waals surface area contributed by atoms with Crippen molar-refractivity contribution in [2.75, 3.05) is 6.54 Å². The number of halogens is 2. The number of alkyl halides is 2. The summed E-state index contributed by atoms with van der Waals surface area (Å²) in [6.45, 7) is 0.794. The van der Waals surface area contributed by atoms with E-state index in [0.717, 1.165) is 24.2 Å². The zero-order valence-electron chi connectivity index (χ0n) is 7.00. The zero-order chi connectivity index (χ0) is 9.26. The molecule has 0 atom stereocenters. The van der Waals surface area contributed by atoms with Crippen LogP contribution in [0.3, 0.4) is 0 Å². The number of hydrogen-bond acceptors (Lipinski definition) is 1. The summed E-state index contributed by atoms with van der Waals surface area (Å²) in [6.07, 6.45) is 0.986. The van der Waals surface area contributed by atoms with Crippen molar-refractivity contribution in [2.24, 2.45) is 4.99 Å². The second-order valence-corrected chi connectivity index (χ2v) is 4.07. The average Bonchev–Trinajstić information content (AvgIpc) is 2.17. The number of rotatable bonds is 1. The van der Waals surface area contributed by atoms with E-state index in [1.807, 2.05) is 18.2 Å². The molecule has 0 radical (unpaired) electrons. The van der Waals surface area contributed by atoms with Crippen LogP contribution in [0.5, 0.6) is 0 Å². The summed E-state index contributed by atoms with van der Waals surface area (Å²) in [5.74, 6) is 0. The van der Waals surface area contributed by atoms with Gasteiger partial charge >= 0.3 is 0 Å². The molecule has 0 saturated heterocycles. The molecule has 0 bridgehead atoms. The van der Waals surface area contributed by atoms with Gasteiger partial charge in [0.05, 0.1) is 5.71 Å². The van der Waals surface area contributed by atoms with Crippen LogP contribution in [0, 0.1) is 0 Å². The van der Waals surface area contributed by atoms with Gasteiger partial charge in [0.15, 0.2) is 0 Å². The van der Waals surface area contributed by atoms with E-state index in [1.54, 1.807) is 0 Å². The molecule has 1 aromatic rings. The van der Waals surface area contributed by atoms with Crippen LogP contribution in [-0.4, -0.2) is 17.1 Å². The first-order valence-corrected chi connectivity index (χ1v) is 5.07. The summed E-state index contributed by atoms with van der Waals surface area (Å²) in [6, 6.07) is 8.13. The molecule has 0 saturated carbocycles. The third kappa shape index (κ3) is 1.72. The van der Waals surface area contributed by atoms with Gasteiger partial charge in [0.25, 0.3) is 0 Å². The van der Waals surface area contributed by atoms with Crippen molar-refractivity contribution < 1.29 is 0 Å². The van der Waals surface area contributed by atoms with Crippen LogP contribution >= 0.6 is 23.2 Å². The first kappa shape index (κ1) is 9.04. The highest BCUT2D eigenvalue weighted by molar-refractivity contribution is 6.56. The quantitative estimate of drug-likeness (QED) is 0.637. The number of hydrogen-bond donors (Lipinski definition) is 0. The fourth-order valence-corrected chi connectivity index (χ4v) is 1.93. The lowest BCUT2D eigenvalue weighted by atomic mass is 9.99. The molecule has 0 fully saturated rings. The Morgan fingerprint density at radius 1 is 1.23 bits per heavy atom. The summed E-state index contributed by atoms with van der Waals surface area (Å²) in [4.78, 5) is 3.81. The summed E-state index contributed by atoms with van der Waals surface area (Å²) >= 11 is 11.6. The van der Waals surface area contributed by atoms with Crippen molar-refractivity contribution in [2.45, 2.75) is 11.3 Å². The van der Waals surface area contributed by atoms with Gasteiger partial charge in [-0.3, -0.25) is 4.99 Å². The van der Waals surface area contributed by atoms with Gasteiger partial charge in [-0.2, -0.15) is 0 Å². The molecule has 0 spiro atoms. The van der Waals surface area contributed by atoms with Crippen molar-refractivity contribution >= 4 is 28.9 Å². The summed E-state index contributed by atoms with van der Waals surface area (Å²) in [7, 11) is 0. The molecule has 0 aromatic heterocycles. The van der Waals surface area contributed by atoms with Gasteiger partial charge in [0.2, 0.25) is 0 Å². The van der Waals surface area contributed by atoms with E-state index in [2.05, 4.69) is 11.1 Å². The summed E-state index contributed by atoms with van der Waals surface area (Å²) in [5, 5.41) is 0. The highest BCUT2D eigenvalue weighted by Crippen LogP contribution is 2.21. The van der Waals surface area contributed by atoms with Gasteiger partial charge in [-0.25, -0.2) is 0 Å². The van der Waals surface area contributed by atoms with Crippen LogP contribution in [0.4, 0.5) is 0 Å². The zero-order valence-corrected chi connectivity index (χ0v) is 8.52. The van der Waals surface area contributed by atoms with Gasteiger partial charge in [-0.15, -0.1) is 0 Å². The van der Waals surface area contributed by atoms with Gasteiger partial charge < -0.3 is 0 Å². The third-order valence-electron chi connectivity index (χ3n) is 2.16. The van der Waals surface area contributed by atoms with Crippen LogP contribution in [0.1, 0.15) is 11.1 Å². The molecule has 0 aliphatic carbocycles. The minimum atomic E-state index is -0.513. The van der Waals surface area contributed by atoms with E-state index in [-0.39, 0.29) is 0 Å². The smallest absolute Gasteiger partial charge is 0.149 e. The average molecular weight is 214 g/mol. The van der Waals surface area contributed by atoms with Gasteiger partial charge in [0.1, 0.15) is 4.84 Å². The van der Waals surface area contributed by atoms with Gasteiger partial charge in [0, 0.05) is 12.1 Å². The number of benzene rings is 1. The van der Waals surface area contributed by atoms with E-state index in [9.17, 15) is 0 Å². The maximum Gasteiger partial charge on any atom is 0.149 e. The monoisotopic (exact) mass is 213 g/mol. The topological polar surface area (TPSA) is 12.4 Å². The van der Waals surface area contributed by atoms with Gasteiger partial charge in [-0.05, 0) is 12.0 Å². The van der Waals surface area contributed by atoms with Crippen molar-refractivity contribution in [3.05, 3.63) is 35.4 Å². The first-order valence-electron chi connectivity index (χ1n) is 4.20. The van der Waals surface area contributed by atoms with E-state index in [1.165, 1.54) is 5.56 Å². The maximum atomic E-state index is 5.82. The van der Waals surface area contributed by atoms with Crippen LogP contribution < -0.4 is 0 Å². The summed E-state index contributed by atoms with van der Waals surface area (Å²) in [5.41, 5.74) is 3.20. The number of nitrogens with zero attached hydrogens (tertiary/aromatic N) is 1. The maximum absolute atomic E-state index is 5.82. The lowest BCUT2D eigenvalue weighted by Crippen LogP contribution is -2.18. The summed E-state index contributed by atoms with van der Waals surface area (Å²) < 4.78 is 0. The van der Waals surface area contributed by atoms with Gasteiger partial charge in [-0.1, -0.05) is 47.5 Å². The molecule has 1 heterocycles. The Morgan fingerprint density at radius 2 is 2.00 bits per heavy atom. The lowest BCUT2D eigenvalue weighted by molar-refractivity contribution is 0.940. The molecule has 1 aliphatic rings. The molecule has 1 aromatic carbocycles. The fraction of sp³-hybridized carbons (Fsp3) is 0.300. The second kappa shape index (κ2) is 3.69. The Balaban J connectivity index is 2.47. The molecule has 1 nitrogen and oxygen atoms in total. The predicted octanol–water partition coefficient (Wildman–Crippen LogP) is 2.84. The van der Waals surface area contributed by atoms with E-state index >= 15 is 0 Å². The Bertz CT molecular complexity index is 345. The minimum Gasteiger partial charge on any atom is -0.286 e. The van der Waals surface area contributed by atoms with E-state index < -0.39 is 4.84 Å². The van der Waals surface area contributed by atoms with Crippen molar-refractivity contribution in [3.63, 3.8) is 0 Å². The van der Waals surface area contributed by atoms with Crippen molar-refractivity contribution in [1.82, 2.24) is 0 Å². The Hall–Kier alpha value is -0.530. The minimum absolute atomic E-state index is 0.513. The molecule has 1 aliphatic heterocycles. The standard InChI is InChI=1S/C10H9Cl2N/c11-10(12)9-8-4-2-1-3-7(8)5-6-13-9/h1-4,10H,5-6H2. The molecule has 2 rings (SSSR count). The Morgan fingerprint density at radius 3 is 2.77 bits per heavy atom. The number of aliphatic imine (C=N–C) groups is 1. The van der Waals surface area contributed by atoms with E-state index in [0.29, 0.717) is 0 Å². The molecule has 13 heavy (non-hydrogen) atoms. The van der Waals surface area contributed by atoms with Crippen molar-refractivity contribution in [1.29, 1.82) is 0 Å². The van der Waals surface area contributed by atoms with Crippen LogP contribution in [0.25, 0.3) is 0 Å². The second-order valence-electron chi connectivity index (χ2n) is 2.97. The predicted molar refractivity (Wildman–Crippen MR) is 57.0 cm³/mol. The fourth-order valence-electron chi connectivity index (χ4n) is 1.56. The molecule has 0 N–H and O–H groups in total. The lowest BCUT2D eigenvalue weighted by Gasteiger charge is -2.16. The largest absolute Gasteiger partial charge is 0.286 e. The molecule has 3 heteroatoms. The first-order chi connectivity index (χ1) is 6.29. The number of fused-ring (bicyclic) bond motifs is 1. The third-order valence-corrected chi connectivity index (χ3v) is 2.58.